The first-order valence-electron chi connectivity index (χ1n) is 5.46. The maximum Gasteiger partial charge on any atom is -0.0292 e. The molecule has 0 radical (unpaired) electrons. The van der Waals surface area contributed by atoms with Crippen molar-refractivity contribution in [1.29, 1.82) is 0 Å². The monoisotopic (exact) mass is 166 g/mol. The molecule has 12 heavy (non-hydrogen) atoms. The molecule has 0 N–H and O–H groups in total. The van der Waals surface area contributed by atoms with Gasteiger partial charge in [0.2, 0.25) is 0 Å². The number of fused-ring (bicyclic) bond motifs is 2. The zero-order valence-electron chi connectivity index (χ0n) is 9.09. The second-order valence-electron chi connectivity index (χ2n) is 5.85. The molecule has 0 aliphatic heterocycles. The van der Waals surface area contributed by atoms with Crippen LogP contribution in [0.3, 0.4) is 0 Å². The number of hydrogen-bond acceptors (Lipinski definition) is 0. The second kappa shape index (κ2) is 2.27. The third-order valence-corrected chi connectivity index (χ3v) is 5.35. The van der Waals surface area contributed by atoms with E-state index in [2.05, 4.69) is 34.6 Å². The fraction of sp³-hybridized carbons (Fsp3) is 1.00. The van der Waals surface area contributed by atoms with E-state index in [1.54, 1.807) is 0 Å². The average Bonchev–Trinajstić information content (AvgIpc) is 1.98. The Kier molecular flexibility index (Phi) is 1.63. The smallest absolute Gasteiger partial charge is 0.0292 e. The SMILES string of the molecule is CC1C(C)C2CC(C1C)C2(C)C. The van der Waals surface area contributed by atoms with Crippen molar-refractivity contribution in [2.24, 2.45) is 35.0 Å². The maximum atomic E-state index is 2.48. The van der Waals surface area contributed by atoms with Gasteiger partial charge >= 0.3 is 0 Å². The fourth-order valence-corrected chi connectivity index (χ4v) is 3.99. The summed E-state index contributed by atoms with van der Waals surface area (Å²) < 4.78 is 0. The van der Waals surface area contributed by atoms with Crippen LogP contribution in [-0.4, -0.2) is 0 Å². The predicted molar refractivity (Wildman–Crippen MR) is 52.9 cm³/mol. The molecule has 0 heteroatoms. The predicted octanol–water partition coefficient (Wildman–Crippen LogP) is 3.57. The van der Waals surface area contributed by atoms with Crippen LogP contribution in [0.15, 0.2) is 0 Å². The molecule has 3 saturated carbocycles. The van der Waals surface area contributed by atoms with Gasteiger partial charge in [0.15, 0.2) is 0 Å². The van der Waals surface area contributed by atoms with Gasteiger partial charge in [-0.1, -0.05) is 34.6 Å². The zero-order valence-corrected chi connectivity index (χ0v) is 9.09. The molecule has 3 rings (SSSR count). The van der Waals surface area contributed by atoms with E-state index in [4.69, 9.17) is 0 Å². The van der Waals surface area contributed by atoms with Gasteiger partial charge in [-0.3, -0.25) is 0 Å². The largest absolute Gasteiger partial charge is 0.0620 e. The van der Waals surface area contributed by atoms with E-state index in [1.807, 2.05) is 0 Å². The van der Waals surface area contributed by atoms with E-state index < -0.39 is 0 Å². The molecule has 3 aliphatic rings. The van der Waals surface area contributed by atoms with Crippen LogP contribution in [-0.2, 0) is 0 Å². The van der Waals surface area contributed by atoms with Crippen molar-refractivity contribution in [2.75, 3.05) is 0 Å². The summed E-state index contributed by atoms with van der Waals surface area (Å²) in [5, 5.41) is 0. The summed E-state index contributed by atoms with van der Waals surface area (Å²) in [5.74, 6) is 4.92. The second-order valence-corrected chi connectivity index (χ2v) is 5.85. The van der Waals surface area contributed by atoms with E-state index in [0.29, 0.717) is 5.41 Å². The molecule has 0 amide bonds. The Hall–Kier alpha value is 0. The molecule has 0 spiro atoms. The minimum absolute atomic E-state index is 0.658. The first kappa shape index (κ1) is 8.59. The summed E-state index contributed by atoms with van der Waals surface area (Å²) in [6.07, 6.45) is 1.51. The van der Waals surface area contributed by atoms with Gasteiger partial charge in [0.05, 0.1) is 0 Å². The molecule has 4 unspecified atom stereocenters. The molecule has 0 heterocycles. The first-order valence-corrected chi connectivity index (χ1v) is 5.46. The fourth-order valence-electron chi connectivity index (χ4n) is 3.99. The Labute approximate surface area is 76.7 Å². The van der Waals surface area contributed by atoms with Gasteiger partial charge in [0.1, 0.15) is 0 Å². The third-order valence-electron chi connectivity index (χ3n) is 5.35. The molecule has 0 nitrogen and oxygen atoms in total. The Balaban J connectivity index is 2.24. The van der Waals surface area contributed by atoms with E-state index in [-0.39, 0.29) is 0 Å². The van der Waals surface area contributed by atoms with E-state index >= 15 is 0 Å². The van der Waals surface area contributed by atoms with Crippen molar-refractivity contribution in [3.8, 4) is 0 Å². The van der Waals surface area contributed by atoms with Crippen LogP contribution in [0.1, 0.15) is 41.0 Å². The summed E-state index contributed by atoms with van der Waals surface area (Å²) in [5.41, 5.74) is 0.658. The van der Waals surface area contributed by atoms with Crippen molar-refractivity contribution in [3.05, 3.63) is 0 Å². The lowest BCUT2D eigenvalue weighted by Crippen LogP contribution is -2.58. The van der Waals surface area contributed by atoms with Crippen molar-refractivity contribution in [3.63, 3.8) is 0 Å². The van der Waals surface area contributed by atoms with Gasteiger partial charge in [-0.15, -0.1) is 0 Å². The van der Waals surface area contributed by atoms with Gasteiger partial charge in [-0.05, 0) is 41.4 Å². The molecule has 0 saturated heterocycles. The number of rotatable bonds is 0. The molecule has 3 fully saturated rings. The normalized spacial score (nSPS) is 56.2. The Morgan fingerprint density at radius 1 is 0.833 bits per heavy atom. The lowest BCUT2D eigenvalue weighted by atomic mass is 9.40. The quantitative estimate of drug-likeness (QED) is 0.516. The minimum atomic E-state index is 0.658. The van der Waals surface area contributed by atoms with Crippen LogP contribution in [0.4, 0.5) is 0 Å². The van der Waals surface area contributed by atoms with Gasteiger partial charge in [-0.25, -0.2) is 0 Å². The van der Waals surface area contributed by atoms with Crippen LogP contribution in [0.2, 0.25) is 0 Å². The maximum absolute atomic E-state index is 2.48. The van der Waals surface area contributed by atoms with Crippen molar-refractivity contribution in [1.82, 2.24) is 0 Å². The van der Waals surface area contributed by atoms with Gasteiger partial charge in [0, 0.05) is 0 Å². The summed E-state index contributed by atoms with van der Waals surface area (Å²) in [7, 11) is 0. The molecule has 70 valence electrons. The average molecular weight is 166 g/mol. The lowest BCUT2D eigenvalue weighted by molar-refractivity contribution is -0.160. The molecular weight excluding hydrogens is 144 g/mol. The molecule has 0 aromatic rings. The highest BCUT2D eigenvalue weighted by atomic mass is 14.6. The zero-order chi connectivity index (χ0) is 9.09. The van der Waals surface area contributed by atoms with Crippen LogP contribution < -0.4 is 0 Å². The van der Waals surface area contributed by atoms with Gasteiger partial charge in [0.25, 0.3) is 0 Å². The van der Waals surface area contributed by atoms with Crippen LogP contribution in [0.5, 0.6) is 0 Å². The summed E-state index contributed by atoms with van der Waals surface area (Å²) in [4.78, 5) is 0. The lowest BCUT2D eigenvalue weighted by Gasteiger charge is -2.64. The van der Waals surface area contributed by atoms with Crippen LogP contribution in [0, 0.1) is 35.0 Å². The highest BCUT2D eigenvalue weighted by Crippen LogP contribution is 2.64. The van der Waals surface area contributed by atoms with E-state index in [9.17, 15) is 0 Å². The topological polar surface area (TPSA) is 0 Å². The van der Waals surface area contributed by atoms with E-state index in [1.165, 1.54) is 6.42 Å². The van der Waals surface area contributed by atoms with Gasteiger partial charge in [-0.2, -0.15) is 0 Å². The number of hydrogen-bond donors (Lipinski definition) is 0. The summed E-state index contributed by atoms with van der Waals surface area (Å²) in [6.45, 7) is 12.3. The minimum Gasteiger partial charge on any atom is -0.0620 e. The molecule has 0 aromatic heterocycles. The highest BCUT2D eigenvalue weighted by Gasteiger charge is 2.58. The molecule has 3 aliphatic carbocycles. The first-order chi connectivity index (χ1) is 5.46. The molecule has 4 atom stereocenters. The van der Waals surface area contributed by atoms with Gasteiger partial charge < -0.3 is 0 Å². The molecule has 2 bridgehead atoms. The van der Waals surface area contributed by atoms with Crippen molar-refractivity contribution < 1.29 is 0 Å². The van der Waals surface area contributed by atoms with E-state index in [0.717, 1.165) is 29.6 Å². The Bertz CT molecular complexity index is 174. The summed E-state index contributed by atoms with van der Waals surface area (Å²) in [6, 6.07) is 0. The molecular formula is C12H22. The van der Waals surface area contributed by atoms with Crippen LogP contribution in [0.25, 0.3) is 0 Å². The Morgan fingerprint density at radius 2 is 1.25 bits per heavy atom. The Morgan fingerprint density at radius 3 is 1.58 bits per heavy atom. The van der Waals surface area contributed by atoms with Crippen LogP contribution >= 0.6 is 0 Å². The highest BCUT2D eigenvalue weighted by molar-refractivity contribution is 5.06. The standard InChI is InChI=1S/C12H22/c1-7-8(2)10-6-11(9(7)3)12(10,4)5/h7-11H,6H2,1-5H3. The van der Waals surface area contributed by atoms with Crippen molar-refractivity contribution in [2.45, 2.75) is 41.0 Å². The van der Waals surface area contributed by atoms with Crippen molar-refractivity contribution >= 4 is 0 Å². The summed E-state index contributed by atoms with van der Waals surface area (Å²) >= 11 is 0. The third kappa shape index (κ3) is 0.791. The molecule has 0 aromatic carbocycles.